The summed E-state index contributed by atoms with van der Waals surface area (Å²) in [6.07, 6.45) is 1.56. The van der Waals surface area contributed by atoms with Crippen LogP contribution in [0.2, 0.25) is 0 Å². The lowest BCUT2D eigenvalue weighted by molar-refractivity contribution is -0.157. The summed E-state index contributed by atoms with van der Waals surface area (Å²) in [5.41, 5.74) is 2.08. The maximum absolute atomic E-state index is 12.4. The minimum atomic E-state index is -0.653. The standard InChI is InChI=1S/C19H20N4O3/c1-14-5-4-6-15(11-14)12-22-9-10-23(19(26)18(22)25)13-17(24)21-16-7-2-3-8-20-16/h2-8,11H,9-10,12-13H2,1H3,(H,20,21,24). The smallest absolute Gasteiger partial charge is 0.312 e. The topological polar surface area (TPSA) is 82.6 Å². The van der Waals surface area contributed by atoms with E-state index in [1.165, 1.54) is 9.80 Å². The number of benzene rings is 1. The monoisotopic (exact) mass is 352 g/mol. The molecule has 1 N–H and O–H groups in total. The van der Waals surface area contributed by atoms with E-state index in [0.29, 0.717) is 25.5 Å². The highest BCUT2D eigenvalue weighted by molar-refractivity contribution is 6.35. The van der Waals surface area contributed by atoms with Gasteiger partial charge in [-0.05, 0) is 24.6 Å². The number of hydrogen-bond donors (Lipinski definition) is 1. The van der Waals surface area contributed by atoms with Gasteiger partial charge in [0.2, 0.25) is 5.91 Å². The van der Waals surface area contributed by atoms with Gasteiger partial charge in [0.15, 0.2) is 0 Å². The number of rotatable bonds is 5. The highest BCUT2D eigenvalue weighted by Crippen LogP contribution is 2.12. The summed E-state index contributed by atoms with van der Waals surface area (Å²) in [6, 6.07) is 13.0. The highest BCUT2D eigenvalue weighted by atomic mass is 16.2. The van der Waals surface area contributed by atoms with Gasteiger partial charge in [-0.2, -0.15) is 0 Å². The number of aryl methyl sites for hydroxylation is 1. The van der Waals surface area contributed by atoms with Crippen LogP contribution >= 0.6 is 0 Å². The molecule has 1 aromatic carbocycles. The van der Waals surface area contributed by atoms with E-state index in [1.54, 1.807) is 24.4 Å². The predicted molar refractivity (Wildman–Crippen MR) is 96.0 cm³/mol. The fourth-order valence-corrected chi connectivity index (χ4v) is 2.84. The van der Waals surface area contributed by atoms with Crippen molar-refractivity contribution in [2.75, 3.05) is 25.0 Å². The quantitative estimate of drug-likeness (QED) is 0.820. The Morgan fingerprint density at radius 2 is 1.85 bits per heavy atom. The van der Waals surface area contributed by atoms with Gasteiger partial charge in [0.05, 0.1) is 0 Å². The van der Waals surface area contributed by atoms with Crippen LogP contribution in [0.4, 0.5) is 5.82 Å². The lowest BCUT2D eigenvalue weighted by atomic mass is 10.1. The second-order valence-electron chi connectivity index (χ2n) is 6.21. The van der Waals surface area contributed by atoms with Gasteiger partial charge in [0.1, 0.15) is 12.4 Å². The van der Waals surface area contributed by atoms with Crippen molar-refractivity contribution in [2.45, 2.75) is 13.5 Å². The lowest BCUT2D eigenvalue weighted by Gasteiger charge is -2.33. The summed E-state index contributed by atoms with van der Waals surface area (Å²) in [5.74, 6) is -1.20. The molecule has 26 heavy (non-hydrogen) atoms. The first-order chi connectivity index (χ1) is 12.5. The molecule has 1 saturated heterocycles. The van der Waals surface area contributed by atoms with E-state index >= 15 is 0 Å². The molecule has 0 spiro atoms. The SMILES string of the molecule is Cc1cccc(CN2CCN(CC(=O)Nc3ccccn3)C(=O)C2=O)c1. The minimum absolute atomic E-state index is 0.167. The number of piperazine rings is 1. The fourth-order valence-electron chi connectivity index (χ4n) is 2.84. The Kier molecular flexibility index (Phi) is 5.26. The molecule has 1 aliphatic rings. The van der Waals surface area contributed by atoms with Crippen molar-refractivity contribution in [3.63, 3.8) is 0 Å². The molecule has 7 heteroatoms. The van der Waals surface area contributed by atoms with E-state index in [1.807, 2.05) is 31.2 Å². The number of nitrogens with zero attached hydrogens (tertiary/aromatic N) is 3. The number of pyridine rings is 1. The Morgan fingerprint density at radius 3 is 2.58 bits per heavy atom. The van der Waals surface area contributed by atoms with Crippen LogP contribution in [0.5, 0.6) is 0 Å². The average molecular weight is 352 g/mol. The Bertz CT molecular complexity index is 823. The Hall–Kier alpha value is -3.22. The van der Waals surface area contributed by atoms with E-state index in [0.717, 1.165) is 11.1 Å². The largest absolute Gasteiger partial charge is 0.328 e. The first-order valence-corrected chi connectivity index (χ1v) is 8.37. The molecule has 1 fully saturated rings. The zero-order valence-electron chi connectivity index (χ0n) is 14.5. The van der Waals surface area contributed by atoms with E-state index in [2.05, 4.69) is 10.3 Å². The zero-order valence-corrected chi connectivity index (χ0v) is 14.5. The third kappa shape index (κ3) is 4.24. The van der Waals surface area contributed by atoms with Crippen molar-refractivity contribution in [3.8, 4) is 0 Å². The summed E-state index contributed by atoms with van der Waals surface area (Å²) in [7, 11) is 0. The van der Waals surface area contributed by atoms with Crippen LogP contribution in [0.1, 0.15) is 11.1 Å². The molecule has 7 nitrogen and oxygen atoms in total. The minimum Gasteiger partial charge on any atom is -0.328 e. The summed E-state index contributed by atoms with van der Waals surface area (Å²) >= 11 is 0. The molecule has 3 amide bonds. The molecule has 0 bridgehead atoms. The molecule has 1 aliphatic heterocycles. The maximum Gasteiger partial charge on any atom is 0.312 e. The number of amides is 3. The Balaban J connectivity index is 1.57. The number of carbonyl (C=O) groups is 3. The summed E-state index contributed by atoms with van der Waals surface area (Å²) in [4.78, 5) is 43.5. The molecule has 3 rings (SSSR count). The van der Waals surface area contributed by atoms with Crippen LogP contribution in [-0.4, -0.2) is 52.1 Å². The molecule has 134 valence electrons. The van der Waals surface area contributed by atoms with Crippen LogP contribution in [-0.2, 0) is 20.9 Å². The van der Waals surface area contributed by atoms with Gasteiger partial charge in [0, 0.05) is 25.8 Å². The van der Waals surface area contributed by atoms with E-state index in [-0.39, 0.29) is 12.5 Å². The summed E-state index contributed by atoms with van der Waals surface area (Å²) in [5, 5.41) is 2.61. The van der Waals surface area contributed by atoms with Crippen LogP contribution in [0, 0.1) is 6.92 Å². The summed E-state index contributed by atoms with van der Waals surface area (Å²) in [6.45, 7) is 2.93. The third-order valence-corrected chi connectivity index (χ3v) is 4.12. The third-order valence-electron chi connectivity index (χ3n) is 4.12. The van der Waals surface area contributed by atoms with Crippen molar-refractivity contribution in [3.05, 3.63) is 59.8 Å². The molecular weight excluding hydrogens is 332 g/mol. The normalized spacial score (nSPS) is 14.5. The molecule has 1 aromatic heterocycles. The molecule has 2 heterocycles. The van der Waals surface area contributed by atoms with Crippen molar-refractivity contribution in [1.29, 1.82) is 0 Å². The van der Waals surface area contributed by atoms with Gasteiger partial charge in [-0.25, -0.2) is 4.98 Å². The summed E-state index contributed by atoms with van der Waals surface area (Å²) < 4.78 is 0. The van der Waals surface area contributed by atoms with Crippen LogP contribution in [0.25, 0.3) is 0 Å². The van der Waals surface area contributed by atoms with Crippen LogP contribution in [0.3, 0.4) is 0 Å². The maximum atomic E-state index is 12.4. The van der Waals surface area contributed by atoms with Gasteiger partial charge in [-0.15, -0.1) is 0 Å². The fraction of sp³-hybridized carbons (Fsp3) is 0.263. The lowest BCUT2D eigenvalue weighted by Crippen LogP contribution is -2.55. The number of aromatic nitrogens is 1. The molecule has 0 atom stereocenters. The molecule has 0 unspecified atom stereocenters. The van der Waals surface area contributed by atoms with Crippen molar-refractivity contribution < 1.29 is 14.4 Å². The van der Waals surface area contributed by atoms with Crippen molar-refractivity contribution >= 4 is 23.5 Å². The zero-order chi connectivity index (χ0) is 18.5. The second kappa shape index (κ2) is 7.77. The van der Waals surface area contributed by atoms with Gasteiger partial charge >= 0.3 is 11.8 Å². The number of carbonyl (C=O) groups excluding carboxylic acids is 3. The molecule has 2 aromatic rings. The Morgan fingerprint density at radius 1 is 1.08 bits per heavy atom. The first kappa shape index (κ1) is 17.6. The average Bonchev–Trinajstić information content (AvgIpc) is 2.62. The van der Waals surface area contributed by atoms with Crippen molar-refractivity contribution in [2.24, 2.45) is 0 Å². The number of anilines is 1. The van der Waals surface area contributed by atoms with E-state index < -0.39 is 11.8 Å². The van der Waals surface area contributed by atoms with Gasteiger partial charge in [-0.3, -0.25) is 14.4 Å². The van der Waals surface area contributed by atoms with Gasteiger partial charge in [0.25, 0.3) is 0 Å². The van der Waals surface area contributed by atoms with Crippen LogP contribution < -0.4 is 5.32 Å². The second-order valence-corrected chi connectivity index (χ2v) is 6.21. The first-order valence-electron chi connectivity index (χ1n) is 8.37. The van der Waals surface area contributed by atoms with Gasteiger partial charge < -0.3 is 15.1 Å². The Labute approximate surface area is 151 Å². The van der Waals surface area contributed by atoms with E-state index in [9.17, 15) is 14.4 Å². The van der Waals surface area contributed by atoms with E-state index in [4.69, 9.17) is 0 Å². The number of nitrogens with one attached hydrogen (secondary N) is 1. The van der Waals surface area contributed by atoms with Gasteiger partial charge in [-0.1, -0.05) is 35.9 Å². The molecule has 0 radical (unpaired) electrons. The number of hydrogen-bond acceptors (Lipinski definition) is 4. The molecule has 0 saturated carbocycles. The highest BCUT2D eigenvalue weighted by Gasteiger charge is 2.33. The van der Waals surface area contributed by atoms with Crippen LogP contribution in [0.15, 0.2) is 48.7 Å². The van der Waals surface area contributed by atoms with Crippen molar-refractivity contribution in [1.82, 2.24) is 14.8 Å². The molecule has 0 aliphatic carbocycles. The predicted octanol–water partition coefficient (Wildman–Crippen LogP) is 1.20. The molecular formula is C19H20N4O3.